The maximum atomic E-state index is 11.6. The van der Waals surface area contributed by atoms with Crippen molar-refractivity contribution in [1.82, 2.24) is 0 Å². The monoisotopic (exact) mass is 299 g/mol. The fraction of sp³-hybridized carbons (Fsp3) is 0.600. The van der Waals surface area contributed by atoms with Crippen molar-refractivity contribution in [3.63, 3.8) is 0 Å². The average molecular weight is 299 g/mol. The Labute approximate surface area is 122 Å². The summed E-state index contributed by atoms with van der Waals surface area (Å²) in [5.41, 5.74) is 6.63. The number of nitrogens with two attached hydrogens (primary N) is 1. The van der Waals surface area contributed by atoms with Crippen LogP contribution in [0.3, 0.4) is 0 Å². The van der Waals surface area contributed by atoms with Crippen LogP contribution >= 0.6 is 0 Å². The van der Waals surface area contributed by atoms with Gasteiger partial charge in [0.2, 0.25) is 0 Å². The van der Waals surface area contributed by atoms with Crippen LogP contribution in [0.2, 0.25) is 0 Å². The van der Waals surface area contributed by atoms with Crippen molar-refractivity contribution in [2.75, 3.05) is 24.7 Å². The van der Waals surface area contributed by atoms with Gasteiger partial charge >= 0.3 is 0 Å². The van der Waals surface area contributed by atoms with Crippen LogP contribution in [-0.2, 0) is 15.3 Å². The summed E-state index contributed by atoms with van der Waals surface area (Å²) in [5, 5.41) is 0. The molecule has 1 aromatic carbocycles. The largest absolute Gasteiger partial charge is 0.493 e. The molecule has 0 unspecified atom stereocenters. The van der Waals surface area contributed by atoms with Crippen LogP contribution in [0.5, 0.6) is 5.75 Å². The molecule has 0 saturated carbocycles. The van der Waals surface area contributed by atoms with Gasteiger partial charge in [0, 0.05) is 0 Å². The molecule has 0 atom stereocenters. The van der Waals surface area contributed by atoms with E-state index in [0.717, 1.165) is 0 Å². The van der Waals surface area contributed by atoms with Crippen LogP contribution in [0, 0.1) is 0 Å². The summed E-state index contributed by atoms with van der Waals surface area (Å²) in [6.07, 6.45) is 0.503. The Balaban J connectivity index is 2.47. The number of sulfone groups is 1. The first-order valence-electron chi connectivity index (χ1n) is 6.88. The predicted octanol–water partition coefficient (Wildman–Crippen LogP) is 2.13. The summed E-state index contributed by atoms with van der Waals surface area (Å²) in [7, 11) is -3.05. The molecule has 4 nitrogen and oxygen atoms in total. The molecule has 1 rings (SSSR count). The highest BCUT2D eigenvalue weighted by Crippen LogP contribution is 2.24. The van der Waals surface area contributed by atoms with Crippen LogP contribution in [0.4, 0.5) is 0 Å². The molecular weight excluding hydrogens is 274 g/mol. The SMILES string of the molecule is CC(C)(C)c1ccc(OCCS(=O)(=O)CCCN)cc1. The Kier molecular flexibility index (Phi) is 6.02. The van der Waals surface area contributed by atoms with E-state index in [-0.39, 0.29) is 23.5 Å². The van der Waals surface area contributed by atoms with E-state index in [1.165, 1.54) is 5.56 Å². The third-order valence-corrected chi connectivity index (χ3v) is 4.74. The van der Waals surface area contributed by atoms with Crippen LogP contribution < -0.4 is 10.5 Å². The van der Waals surface area contributed by atoms with E-state index in [9.17, 15) is 8.42 Å². The zero-order chi connectivity index (χ0) is 15.2. The van der Waals surface area contributed by atoms with Crippen LogP contribution in [0.15, 0.2) is 24.3 Å². The van der Waals surface area contributed by atoms with Crippen molar-refractivity contribution >= 4 is 9.84 Å². The van der Waals surface area contributed by atoms with Gasteiger partial charge in [0.15, 0.2) is 9.84 Å². The van der Waals surface area contributed by atoms with E-state index >= 15 is 0 Å². The molecule has 114 valence electrons. The number of benzene rings is 1. The molecule has 5 heteroatoms. The smallest absolute Gasteiger partial charge is 0.153 e. The lowest BCUT2D eigenvalue weighted by Crippen LogP contribution is -2.19. The zero-order valence-electron chi connectivity index (χ0n) is 12.6. The standard InChI is InChI=1S/C15H25NO3S/c1-15(2,3)13-5-7-14(8-6-13)19-10-12-20(17,18)11-4-9-16/h5-8H,4,9-12,16H2,1-3H3. The highest BCUT2D eigenvalue weighted by atomic mass is 32.2. The Hall–Kier alpha value is -1.07. The Morgan fingerprint density at radius 3 is 2.20 bits per heavy atom. The molecule has 0 amide bonds. The van der Waals surface area contributed by atoms with Gasteiger partial charge in [-0.1, -0.05) is 32.9 Å². The summed E-state index contributed by atoms with van der Waals surface area (Å²) in [6, 6.07) is 7.79. The lowest BCUT2D eigenvalue weighted by Gasteiger charge is -2.19. The summed E-state index contributed by atoms with van der Waals surface area (Å²) in [4.78, 5) is 0. The zero-order valence-corrected chi connectivity index (χ0v) is 13.4. The molecule has 20 heavy (non-hydrogen) atoms. The molecule has 1 aromatic rings. The molecule has 0 aliphatic heterocycles. The van der Waals surface area contributed by atoms with Gasteiger partial charge < -0.3 is 10.5 Å². The lowest BCUT2D eigenvalue weighted by molar-refractivity contribution is 0.340. The first kappa shape index (κ1) is 17.0. The van der Waals surface area contributed by atoms with Crippen molar-refractivity contribution < 1.29 is 13.2 Å². The minimum absolute atomic E-state index is 0.0357. The second-order valence-corrected chi connectivity index (χ2v) is 8.22. The molecule has 0 fully saturated rings. The molecule has 0 radical (unpaired) electrons. The quantitative estimate of drug-likeness (QED) is 0.837. The molecule has 0 spiro atoms. The second kappa shape index (κ2) is 7.09. The first-order valence-corrected chi connectivity index (χ1v) is 8.70. The third-order valence-electron chi connectivity index (χ3n) is 3.04. The van der Waals surface area contributed by atoms with Crippen LogP contribution in [0.1, 0.15) is 32.8 Å². The van der Waals surface area contributed by atoms with E-state index in [0.29, 0.717) is 18.7 Å². The summed E-state index contributed by atoms with van der Waals surface area (Å²) in [5.74, 6) is 0.871. The molecule has 0 heterocycles. The number of rotatable bonds is 7. The molecule has 0 aliphatic rings. The normalized spacial score (nSPS) is 12.4. The Bertz CT molecular complexity index is 501. The second-order valence-electron chi connectivity index (χ2n) is 5.92. The van der Waals surface area contributed by atoms with E-state index < -0.39 is 9.84 Å². The number of hydrogen-bond donors (Lipinski definition) is 1. The van der Waals surface area contributed by atoms with E-state index in [1.54, 1.807) is 0 Å². The lowest BCUT2D eigenvalue weighted by atomic mass is 9.87. The predicted molar refractivity (Wildman–Crippen MR) is 83.0 cm³/mol. The molecule has 0 bridgehead atoms. The van der Waals surface area contributed by atoms with Crippen molar-refractivity contribution in [3.8, 4) is 5.75 Å². The molecular formula is C15H25NO3S. The van der Waals surface area contributed by atoms with Crippen LogP contribution in [-0.4, -0.2) is 33.1 Å². The van der Waals surface area contributed by atoms with Gasteiger partial charge in [-0.25, -0.2) is 8.42 Å². The Morgan fingerprint density at radius 1 is 1.10 bits per heavy atom. The van der Waals surface area contributed by atoms with E-state index in [4.69, 9.17) is 10.5 Å². The minimum atomic E-state index is -3.05. The average Bonchev–Trinajstić information content (AvgIpc) is 2.36. The fourth-order valence-corrected chi connectivity index (χ4v) is 2.89. The summed E-state index contributed by atoms with van der Waals surface area (Å²) < 4.78 is 28.7. The van der Waals surface area contributed by atoms with Gasteiger partial charge in [0.05, 0.1) is 11.5 Å². The highest BCUT2D eigenvalue weighted by molar-refractivity contribution is 7.91. The maximum absolute atomic E-state index is 11.6. The minimum Gasteiger partial charge on any atom is -0.493 e. The van der Waals surface area contributed by atoms with E-state index in [2.05, 4.69) is 20.8 Å². The Morgan fingerprint density at radius 2 is 1.70 bits per heavy atom. The van der Waals surface area contributed by atoms with Gasteiger partial charge in [-0.3, -0.25) is 0 Å². The number of ether oxygens (including phenoxy) is 1. The van der Waals surface area contributed by atoms with Gasteiger partial charge in [0.25, 0.3) is 0 Å². The molecule has 0 aromatic heterocycles. The van der Waals surface area contributed by atoms with Crippen LogP contribution in [0.25, 0.3) is 0 Å². The fourth-order valence-electron chi connectivity index (χ4n) is 1.74. The first-order chi connectivity index (χ1) is 9.24. The number of hydrogen-bond acceptors (Lipinski definition) is 4. The molecule has 0 saturated heterocycles. The van der Waals surface area contributed by atoms with Gasteiger partial charge in [-0.2, -0.15) is 0 Å². The summed E-state index contributed by atoms with van der Waals surface area (Å²) in [6.45, 7) is 7.02. The summed E-state index contributed by atoms with van der Waals surface area (Å²) >= 11 is 0. The van der Waals surface area contributed by atoms with Crippen molar-refractivity contribution in [2.24, 2.45) is 5.73 Å². The molecule has 0 aliphatic carbocycles. The topological polar surface area (TPSA) is 69.4 Å². The maximum Gasteiger partial charge on any atom is 0.153 e. The highest BCUT2D eigenvalue weighted by Gasteiger charge is 2.13. The van der Waals surface area contributed by atoms with Crippen molar-refractivity contribution in [2.45, 2.75) is 32.6 Å². The van der Waals surface area contributed by atoms with Gasteiger partial charge in [0.1, 0.15) is 12.4 Å². The van der Waals surface area contributed by atoms with Crippen molar-refractivity contribution in [3.05, 3.63) is 29.8 Å². The van der Waals surface area contributed by atoms with Crippen molar-refractivity contribution in [1.29, 1.82) is 0 Å². The van der Waals surface area contributed by atoms with Gasteiger partial charge in [-0.15, -0.1) is 0 Å². The molecule has 2 N–H and O–H groups in total. The van der Waals surface area contributed by atoms with E-state index in [1.807, 2.05) is 24.3 Å². The van der Waals surface area contributed by atoms with Gasteiger partial charge in [-0.05, 0) is 36.1 Å². The third kappa shape index (κ3) is 5.92.